The Morgan fingerprint density at radius 3 is 0.974 bits per heavy atom. The fraction of sp³-hybridized carbons (Fsp3) is 0.938. The minimum Gasteiger partial charge on any atom is -0.337 e. The molecule has 0 radical (unpaired) electrons. The molecule has 0 aliphatic carbocycles. The Morgan fingerprint density at radius 2 is 0.692 bits per heavy atom. The summed E-state index contributed by atoms with van der Waals surface area (Å²) in [5.41, 5.74) is 0. The van der Waals surface area contributed by atoms with Gasteiger partial charge in [-0.2, -0.15) is 87.8 Å². The van der Waals surface area contributed by atoms with Crippen molar-refractivity contribution in [2.24, 2.45) is 0 Å². The lowest BCUT2D eigenvalue weighted by Gasteiger charge is -2.44. The fourth-order valence-electron chi connectivity index (χ4n) is 2.99. The van der Waals surface area contributed by atoms with E-state index in [4.69, 9.17) is 0 Å². The van der Waals surface area contributed by atoms with Crippen LogP contribution in [0.2, 0.25) is 0 Å². The van der Waals surface area contributed by atoms with Crippen LogP contribution >= 0.6 is 11.6 Å². The minimum atomic E-state index is -9.14. The number of amides is 1. The molecule has 0 spiro atoms. The van der Waals surface area contributed by atoms with E-state index >= 15 is 0 Å². The number of carbonyl (C=O) groups excluding carboxylic acids is 1. The average molecular weight is 648 g/mol. The first-order valence-electron chi connectivity index (χ1n) is 9.53. The second-order valence-corrected chi connectivity index (χ2v) is 8.49. The van der Waals surface area contributed by atoms with Gasteiger partial charge in [0.2, 0.25) is 0 Å². The van der Waals surface area contributed by atoms with E-state index in [9.17, 15) is 92.6 Å². The van der Waals surface area contributed by atoms with E-state index in [1.54, 1.807) is 0 Å². The summed E-state index contributed by atoms with van der Waals surface area (Å²) < 4.78 is 270. The van der Waals surface area contributed by atoms with Crippen molar-refractivity contribution in [1.82, 2.24) is 4.90 Å². The quantitative estimate of drug-likeness (QED) is 0.177. The minimum absolute atomic E-state index is 0.120. The second kappa shape index (κ2) is 9.45. The predicted molar refractivity (Wildman–Crippen MR) is 85.8 cm³/mol. The van der Waals surface area contributed by atoms with Gasteiger partial charge in [0.25, 0.3) is 5.91 Å². The molecule has 0 unspecified atom stereocenters. The van der Waals surface area contributed by atoms with Crippen LogP contribution in [0.5, 0.6) is 0 Å². The van der Waals surface area contributed by atoms with Crippen LogP contribution in [0.25, 0.3) is 0 Å². The molecule has 0 atom stereocenters. The van der Waals surface area contributed by atoms with Crippen molar-refractivity contribution < 1.29 is 92.6 Å². The van der Waals surface area contributed by atoms with Crippen LogP contribution in [0.3, 0.4) is 0 Å². The molecule has 0 aromatic rings. The first-order chi connectivity index (χ1) is 16.8. The molecule has 0 aromatic carbocycles. The summed E-state index contributed by atoms with van der Waals surface area (Å²) in [6, 6.07) is 0. The van der Waals surface area contributed by atoms with Gasteiger partial charge >= 0.3 is 58.7 Å². The van der Waals surface area contributed by atoms with E-state index in [0.29, 0.717) is 0 Å². The van der Waals surface area contributed by atoms with Crippen molar-refractivity contribution in [3.8, 4) is 0 Å². The van der Waals surface area contributed by atoms with Gasteiger partial charge < -0.3 is 4.90 Å². The summed E-state index contributed by atoms with van der Waals surface area (Å²) in [5, 5.41) is -7.05. The lowest BCUT2D eigenvalue weighted by atomic mass is 9.86. The molecule has 2 nitrogen and oxygen atoms in total. The van der Waals surface area contributed by atoms with Crippen molar-refractivity contribution in [2.75, 3.05) is 13.1 Å². The van der Waals surface area contributed by atoms with Crippen molar-refractivity contribution >= 4 is 17.5 Å². The molecule has 0 N–H and O–H groups in total. The number of rotatable bonds is 10. The van der Waals surface area contributed by atoms with Gasteiger partial charge in [-0.05, 0) is 30.9 Å². The number of alkyl halides is 21. The number of hydrogen-bond acceptors (Lipinski definition) is 1. The zero-order valence-corrected chi connectivity index (χ0v) is 18.6. The summed E-state index contributed by atoms with van der Waals surface area (Å²) in [5.74, 6) is -80.5. The zero-order valence-electron chi connectivity index (χ0n) is 17.8. The Labute approximate surface area is 207 Å². The molecular formula is C16H10ClF20NO. The molecule has 39 heavy (non-hydrogen) atoms. The van der Waals surface area contributed by atoms with Crippen LogP contribution in [0.4, 0.5) is 87.8 Å². The second-order valence-electron chi connectivity index (χ2n) is 8.02. The van der Waals surface area contributed by atoms with Crippen LogP contribution in [-0.4, -0.2) is 82.6 Å². The molecule has 0 bridgehead atoms. The van der Waals surface area contributed by atoms with Crippen molar-refractivity contribution in [2.45, 2.75) is 77.9 Å². The maximum absolute atomic E-state index is 13.9. The first-order valence-corrected chi connectivity index (χ1v) is 9.91. The Balaban J connectivity index is 3.72. The van der Waals surface area contributed by atoms with E-state index < -0.39 is 77.7 Å². The number of hydrogen-bond donors (Lipinski definition) is 0. The van der Waals surface area contributed by atoms with Crippen molar-refractivity contribution in [3.05, 3.63) is 0 Å². The molecule has 232 valence electrons. The summed E-state index contributed by atoms with van der Waals surface area (Å²) in [6.45, 7) is -1.86. The molecule has 0 aromatic heterocycles. The van der Waals surface area contributed by atoms with Gasteiger partial charge in [0.15, 0.2) is 0 Å². The van der Waals surface area contributed by atoms with Crippen LogP contribution in [-0.2, 0) is 4.79 Å². The topological polar surface area (TPSA) is 20.3 Å². The summed E-state index contributed by atoms with van der Waals surface area (Å²) in [4.78, 5) is 11.2. The Kier molecular flexibility index (Phi) is 8.57. The molecule has 1 rings (SSSR count). The van der Waals surface area contributed by atoms with Gasteiger partial charge in [-0.3, -0.25) is 4.79 Å². The number of piperidine rings is 1. The van der Waals surface area contributed by atoms with Crippen LogP contribution in [0.15, 0.2) is 0 Å². The zero-order chi connectivity index (χ0) is 31.7. The molecule has 0 saturated carbocycles. The molecule has 23 heteroatoms. The normalized spacial score (nSPS) is 18.4. The lowest BCUT2D eigenvalue weighted by molar-refractivity contribution is -0.464. The third-order valence-electron chi connectivity index (χ3n) is 5.42. The van der Waals surface area contributed by atoms with Gasteiger partial charge in [-0.25, -0.2) is 0 Å². The third kappa shape index (κ3) is 4.53. The van der Waals surface area contributed by atoms with Gasteiger partial charge in [-0.15, -0.1) is 0 Å². The van der Waals surface area contributed by atoms with Crippen LogP contribution in [0.1, 0.15) is 19.3 Å². The largest absolute Gasteiger partial charge is 0.393 e. The highest BCUT2D eigenvalue weighted by atomic mass is 35.5. The summed E-state index contributed by atoms with van der Waals surface area (Å²) >= 11 is 3.33. The summed E-state index contributed by atoms with van der Waals surface area (Å²) in [7, 11) is 0. The number of halogens is 21. The first kappa shape index (κ1) is 35.4. The van der Waals surface area contributed by atoms with Gasteiger partial charge in [0.1, 0.15) is 0 Å². The molecule has 1 aliphatic rings. The van der Waals surface area contributed by atoms with Crippen LogP contribution < -0.4 is 0 Å². The maximum atomic E-state index is 13.9. The molecular weight excluding hydrogens is 638 g/mol. The highest BCUT2D eigenvalue weighted by Crippen LogP contribution is 2.66. The van der Waals surface area contributed by atoms with E-state index in [1.165, 1.54) is 0 Å². The number of nitrogens with zero attached hydrogens (tertiary/aromatic N) is 1. The molecule has 1 saturated heterocycles. The van der Waals surface area contributed by atoms with Crippen molar-refractivity contribution in [3.63, 3.8) is 0 Å². The Morgan fingerprint density at radius 1 is 0.436 bits per heavy atom. The SMILES string of the molecule is O=C(N1CCCCC1)C(F)(F)C(F)(F)C(F)(F)C(F)(F)C(F)(F)C(F)(F)C(F)(F)C(F)(F)C(F)(F)C(F)(F)Cl. The fourth-order valence-corrected chi connectivity index (χ4v) is 3.11. The average Bonchev–Trinajstić information content (AvgIpc) is 2.77. The number of carbonyl (C=O) groups is 1. The number of likely N-dealkylation sites (tertiary alicyclic amines) is 1. The lowest BCUT2D eigenvalue weighted by Crippen LogP contribution is -2.77. The highest BCUT2D eigenvalue weighted by molar-refractivity contribution is 6.22. The van der Waals surface area contributed by atoms with Crippen molar-refractivity contribution in [1.29, 1.82) is 0 Å². The predicted octanol–water partition coefficient (Wildman–Crippen LogP) is 7.55. The third-order valence-corrected chi connectivity index (χ3v) is 5.66. The Hall–Kier alpha value is -1.64. The van der Waals surface area contributed by atoms with E-state index in [1.807, 2.05) is 0 Å². The standard InChI is InChI=1S/C16H10ClF20NO/c17-16(36,37)15(34,35)14(32,33)13(30,31)12(28,29)11(26,27)10(24,25)9(22,23)8(20,21)7(18,19)6(39)38-4-2-1-3-5-38/h1-5H2. The Bertz CT molecular complexity index is 919. The molecule has 1 amide bonds. The summed E-state index contributed by atoms with van der Waals surface area (Å²) in [6.07, 6.45) is -0.437. The van der Waals surface area contributed by atoms with E-state index in [-0.39, 0.29) is 24.2 Å². The molecule has 1 aliphatic heterocycles. The van der Waals surface area contributed by atoms with E-state index in [2.05, 4.69) is 11.6 Å². The van der Waals surface area contributed by atoms with Gasteiger partial charge in [0, 0.05) is 13.1 Å². The highest BCUT2D eigenvalue weighted by Gasteiger charge is 2.98. The molecule has 1 fully saturated rings. The van der Waals surface area contributed by atoms with Gasteiger partial charge in [0.05, 0.1) is 0 Å². The monoisotopic (exact) mass is 647 g/mol. The van der Waals surface area contributed by atoms with Gasteiger partial charge in [-0.1, -0.05) is 0 Å². The molecule has 1 heterocycles. The smallest absolute Gasteiger partial charge is 0.337 e. The van der Waals surface area contributed by atoms with Crippen LogP contribution in [0, 0.1) is 0 Å². The van der Waals surface area contributed by atoms with E-state index in [0.717, 1.165) is 0 Å². The maximum Gasteiger partial charge on any atom is 0.393 e.